The summed E-state index contributed by atoms with van der Waals surface area (Å²) in [6.07, 6.45) is 0.145. The van der Waals surface area contributed by atoms with Crippen molar-refractivity contribution in [3.63, 3.8) is 0 Å². The van der Waals surface area contributed by atoms with Crippen molar-refractivity contribution < 1.29 is 14.0 Å². The molecule has 1 aliphatic rings. The fraction of sp³-hybridized carbons (Fsp3) is 0.250. The average molecular weight is 398 g/mol. The molecule has 1 saturated heterocycles. The molecule has 4 rings (SSSR count). The molecule has 28 heavy (non-hydrogen) atoms. The molecule has 1 N–H and O–H groups in total. The van der Waals surface area contributed by atoms with Crippen LogP contribution in [0.2, 0.25) is 0 Å². The maximum Gasteiger partial charge on any atom is 0.227 e. The molecule has 2 amide bonds. The highest BCUT2D eigenvalue weighted by Crippen LogP contribution is 2.26. The fourth-order valence-corrected chi connectivity index (χ4v) is 4.12. The zero-order chi connectivity index (χ0) is 19.7. The monoisotopic (exact) mass is 398 g/mol. The number of benzene rings is 1. The quantitative estimate of drug-likeness (QED) is 0.719. The number of anilines is 1. The summed E-state index contributed by atoms with van der Waals surface area (Å²) >= 11 is 1.63. The van der Waals surface area contributed by atoms with Gasteiger partial charge < -0.3 is 10.2 Å². The van der Waals surface area contributed by atoms with Crippen molar-refractivity contribution in [3.8, 4) is 10.6 Å². The van der Waals surface area contributed by atoms with Crippen LogP contribution in [-0.2, 0) is 23.2 Å². The smallest absolute Gasteiger partial charge is 0.227 e. The molecule has 8 heteroatoms. The lowest BCUT2D eigenvalue weighted by Gasteiger charge is -2.16. The van der Waals surface area contributed by atoms with E-state index in [0.29, 0.717) is 18.8 Å². The van der Waals surface area contributed by atoms with Crippen LogP contribution in [0, 0.1) is 11.7 Å². The summed E-state index contributed by atoms with van der Waals surface area (Å²) in [5.74, 6) is -1.11. The van der Waals surface area contributed by atoms with Gasteiger partial charge in [-0.3, -0.25) is 14.3 Å². The first-order valence-electron chi connectivity index (χ1n) is 8.91. The molecular weight excluding hydrogens is 379 g/mol. The lowest BCUT2D eigenvalue weighted by atomic mass is 10.1. The molecule has 6 nitrogen and oxygen atoms in total. The molecule has 0 aliphatic carbocycles. The number of aromatic nitrogens is 2. The molecule has 1 fully saturated rings. The van der Waals surface area contributed by atoms with Gasteiger partial charge in [-0.2, -0.15) is 5.10 Å². The second kappa shape index (κ2) is 7.55. The molecule has 0 bridgehead atoms. The number of nitrogens with one attached hydrogen (secondary N) is 1. The summed E-state index contributed by atoms with van der Waals surface area (Å²) in [5, 5.41) is 9.33. The van der Waals surface area contributed by atoms with E-state index in [1.165, 1.54) is 17.0 Å². The molecule has 3 heterocycles. The highest BCUT2D eigenvalue weighted by molar-refractivity contribution is 7.13. The summed E-state index contributed by atoms with van der Waals surface area (Å²) in [4.78, 5) is 27.4. The Hall–Kier alpha value is -3.00. The first-order chi connectivity index (χ1) is 13.5. The molecule has 0 spiro atoms. The Morgan fingerprint density at radius 1 is 1.32 bits per heavy atom. The number of carbonyl (C=O) groups is 2. The van der Waals surface area contributed by atoms with Gasteiger partial charge in [-0.15, -0.1) is 11.3 Å². The van der Waals surface area contributed by atoms with Crippen LogP contribution >= 0.6 is 11.3 Å². The average Bonchev–Trinajstić information content (AvgIpc) is 3.40. The summed E-state index contributed by atoms with van der Waals surface area (Å²) in [6.45, 7) is 0.595. The predicted octanol–water partition coefficient (Wildman–Crippen LogP) is 2.96. The number of carbonyl (C=O) groups excluding carboxylic acids is 2. The zero-order valence-corrected chi connectivity index (χ0v) is 16.1. The van der Waals surface area contributed by atoms with Gasteiger partial charge in [-0.25, -0.2) is 4.39 Å². The molecule has 1 atom stereocenters. The Kier molecular flexibility index (Phi) is 4.95. The molecule has 1 aromatic carbocycles. The van der Waals surface area contributed by atoms with E-state index in [1.807, 2.05) is 30.6 Å². The third kappa shape index (κ3) is 3.68. The van der Waals surface area contributed by atoms with Crippen molar-refractivity contribution in [1.82, 2.24) is 15.1 Å². The minimum absolute atomic E-state index is 0.135. The minimum Gasteiger partial charge on any atom is -0.350 e. The molecule has 0 saturated carbocycles. The van der Waals surface area contributed by atoms with Gasteiger partial charge in [0.2, 0.25) is 11.8 Å². The lowest BCUT2D eigenvalue weighted by molar-refractivity contribution is -0.126. The van der Waals surface area contributed by atoms with E-state index < -0.39 is 5.92 Å². The van der Waals surface area contributed by atoms with E-state index in [2.05, 4.69) is 10.4 Å². The van der Waals surface area contributed by atoms with Gasteiger partial charge in [0.15, 0.2) is 0 Å². The van der Waals surface area contributed by atoms with Crippen LogP contribution < -0.4 is 10.2 Å². The second-order valence-electron chi connectivity index (χ2n) is 6.72. The third-order valence-electron chi connectivity index (χ3n) is 4.78. The molecule has 0 radical (unpaired) electrons. The van der Waals surface area contributed by atoms with Crippen molar-refractivity contribution in [1.29, 1.82) is 0 Å². The molecule has 0 unspecified atom stereocenters. The molecular formula is C20H19FN4O2S. The minimum atomic E-state index is -0.432. The summed E-state index contributed by atoms with van der Waals surface area (Å²) in [5.41, 5.74) is 2.36. The molecule has 144 valence electrons. The van der Waals surface area contributed by atoms with Gasteiger partial charge >= 0.3 is 0 Å². The van der Waals surface area contributed by atoms with Gasteiger partial charge in [0.25, 0.3) is 0 Å². The van der Waals surface area contributed by atoms with Gasteiger partial charge in [-0.1, -0.05) is 6.07 Å². The van der Waals surface area contributed by atoms with Crippen molar-refractivity contribution >= 4 is 28.8 Å². The van der Waals surface area contributed by atoms with Crippen LogP contribution in [0.4, 0.5) is 10.1 Å². The Labute approximate surface area is 165 Å². The van der Waals surface area contributed by atoms with Crippen LogP contribution in [0.3, 0.4) is 0 Å². The number of hydrogen-bond acceptors (Lipinski definition) is 4. The Balaban J connectivity index is 1.37. The van der Waals surface area contributed by atoms with Gasteiger partial charge in [-0.05, 0) is 41.8 Å². The van der Waals surface area contributed by atoms with Gasteiger partial charge in [0.05, 0.1) is 28.7 Å². The van der Waals surface area contributed by atoms with Crippen molar-refractivity contribution in [2.24, 2.45) is 13.0 Å². The van der Waals surface area contributed by atoms with E-state index >= 15 is 0 Å². The molecule has 3 aromatic rings. The maximum absolute atomic E-state index is 13.1. The summed E-state index contributed by atoms with van der Waals surface area (Å²) in [6, 6.07) is 11.7. The summed E-state index contributed by atoms with van der Waals surface area (Å²) in [7, 11) is 1.87. The van der Waals surface area contributed by atoms with E-state index in [1.54, 1.807) is 28.2 Å². The number of halogens is 1. The number of thiophene rings is 1. The first kappa shape index (κ1) is 18.4. The third-order valence-corrected chi connectivity index (χ3v) is 5.67. The number of nitrogens with zero attached hydrogens (tertiary/aromatic N) is 3. The fourth-order valence-electron chi connectivity index (χ4n) is 3.34. The van der Waals surface area contributed by atoms with Crippen LogP contribution in [0.25, 0.3) is 10.6 Å². The maximum atomic E-state index is 13.1. The predicted molar refractivity (Wildman–Crippen MR) is 105 cm³/mol. The van der Waals surface area contributed by atoms with E-state index in [-0.39, 0.29) is 24.1 Å². The highest BCUT2D eigenvalue weighted by Gasteiger charge is 2.35. The standard InChI is InChI=1S/C20H19FN4O2S/c1-24-17(18-3-2-8-28-18)10-15(23-24)11-22-20(27)13-9-19(26)25(12-13)16-6-4-14(21)5-7-16/h2-8,10,13H,9,11-12H2,1H3,(H,22,27)/t13-/m1/s1. The number of hydrogen-bond donors (Lipinski definition) is 1. The summed E-state index contributed by atoms with van der Waals surface area (Å²) < 4.78 is 14.9. The van der Waals surface area contributed by atoms with Crippen LogP contribution in [-0.4, -0.2) is 28.1 Å². The number of aryl methyl sites for hydroxylation is 1. The molecule has 2 aromatic heterocycles. The number of rotatable bonds is 5. The van der Waals surface area contributed by atoms with E-state index in [9.17, 15) is 14.0 Å². The SMILES string of the molecule is Cn1nc(CNC(=O)[C@@H]2CC(=O)N(c3ccc(F)cc3)C2)cc1-c1cccs1. The lowest BCUT2D eigenvalue weighted by Crippen LogP contribution is -2.32. The largest absolute Gasteiger partial charge is 0.350 e. The van der Waals surface area contributed by atoms with Gasteiger partial charge in [0, 0.05) is 25.7 Å². The first-order valence-corrected chi connectivity index (χ1v) is 9.79. The second-order valence-corrected chi connectivity index (χ2v) is 7.67. The number of amides is 2. The highest BCUT2D eigenvalue weighted by atomic mass is 32.1. The van der Waals surface area contributed by atoms with Crippen LogP contribution in [0.15, 0.2) is 47.8 Å². The zero-order valence-electron chi connectivity index (χ0n) is 15.3. The van der Waals surface area contributed by atoms with E-state index in [0.717, 1.165) is 16.3 Å². The normalized spacial score (nSPS) is 16.6. The topological polar surface area (TPSA) is 67.2 Å². The Morgan fingerprint density at radius 2 is 2.11 bits per heavy atom. The van der Waals surface area contributed by atoms with Crippen LogP contribution in [0.5, 0.6) is 0 Å². The van der Waals surface area contributed by atoms with Gasteiger partial charge in [0.1, 0.15) is 5.82 Å². The Bertz CT molecular complexity index is 998. The Morgan fingerprint density at radius 3 is 2.82 bits per heavy atom. The van der Waals surface area contributed by atoms with E-state index in [4.69, 9.17) is 0 Å². The van der Waals surface area contributed by atoms with Crippen LogP contribution in [0.1, 0.15) is 12.1 Å². The van der Waals surface area contributed by atoms with Crippen molar-refractivity contribution in [2.75, 3.05) is 11.4 Å². The van der Waals surface area contributed by atoms with Crippen molar-refractivity contribution in [2.45, 2.75) is 13.0 Å². The van der Waals surface area contributed by atoms with Crippen molar-refractivity contribution in [3.05, 3.63) is 59.4 Å². The molecule has 1 aliphatic heterocycles.